The number of halogens is 2. The van der Waals surface area contributed by atoms with E-state index in [1.807, 2.05) is 6.07 Å². The van der Waals surface area contributed by atoms with Crippen molar-refractivity contribution >= 4 is 15.9 Å². The topological polar surface area (TPSA) is 21.3 Å². The molecule has 1 N–H and O–H groups in total. The quantitative estimate of drug-likeness (QED) is 0.925. The fourth-order valence-electron chi connectivity index (χ4n) is 2.02. The third-order valence-corrected chi connectivity index (χ3v) is 4.21. The first-order chi connectivity index (χ1) is 8.01. The smallest absolute Gasteiger partial charge is 0.137 e. The molecular weight excluding hydrogens is 285 g/mol. The van der Waals surface area contributed by atoms with Gasteiger partial charge in [0, 0.05) is 18.7 Å². The van der Waals surface area contributed by atoms with E-state index in [0.717, 1.165) is 18.6 Å². The highest BCUT2D eigenvalue weighted by molar-refractivity contribution is 9.10. The lowest BCUT2D eigenvalue weighted by Crippen LogP contribution is -2.47. The molecule has 17 heavy (non-hydrogen) atoms. The van der Waals surface area contributed by atoms with Gasteiger partial charge in [-0.3, -0.25) is 0 Å². The maximum Gasteiger partial charge on any atom is 0.137 e. The molecule has 0 bridgehead atoms. The lowest BCUT2D eigenvalue weighted by atomic mass is 9.94. The summed E-state index contributed by atoms with van der Waals surface area (Å²) in [5, 5.41) is 3.46. The van der Waals surface area contributed by atoms with Gasteiger partial charge < -0.3 is 10.1 Å². The van der Waals surface area contributed by atoms with Crippen LogP contribution < -0.4 is 5.32 Å². The Kier molecular flexibility index (Phi) is 3.85. The molecule has 0 saturated carbocycles. The van der Waals surface area contributed by atoms with Crippen LogP contribution in [0.15, 0.2) is 22.7 Å². The van der Waals surface area contributed by atoms with Crippen LogP contribution in [0.5, 0.6) is 0 Å². The summed E-state index contributed by atoms with van der Waals surface area (Å²) in [4.78, 5) is 0. The van der Waals surface area contributed by atoms with Crippen molar-refractivity contribution in [3.8, 4) is 0 Å². The van der Waals surface area contributed by atoms with Crippen LogP contribution in [0.3, 0.4) is 0 Å². The summed E-state index contributed by atoms with van der Waals surface area (Å²) in [5.74, 6) is -0.217. The molecule has 2 unspecified atom stereocenters. The summed E-state index contributed by atoms with van der Waals surface area (Å²) in [6.07, 6.45) is 1.19. The zero-order valence-electron chi connectivity index (χ0n) is 10.1. The predicted octanol–water partition coefficient (Wildman–Crippen LogP) is 3.25. The Hall–Kier alpha value is -0.450. The Balaban J connectivity index is 2.00. The van der Waals surface area contributed by atoms with Crippen molar-refractivity contribution in [2.45, 2.75) is 38.5 Å². The van der Waals surface area contributed by atoms with Crippen LogP contribution in [0.25, 0.3) is 0 Å². The van der Waals surface area contributed by atoms with E-state index in [1.165, 1.54) is 0 Å². The summed E-state index contributed by atoms with van der Waals surface area (Å²) in [6, 6.07) is 5.22. The van der Waals surface area contributed by atoms with Gasteiger partial charge in [0.2, 0.25) is 0 Å². The molecule has 2 nitrogen and oxygen atoms in total. The van der Waals surface area contributed by atoms with Crippen LogP contribution >= 0.6 is 15.9 Å². The van der Waals surface area contributed by atoms with Crippen LogP contribution in [0, 0.1) is 5.82 Å². The monoisotopic (exact) mass is 301 g/mol. The first-order valence-electron chi connectivity index (χ1n) is 5.82. The van der Waals surface area contributed by atoms with Gasteiger partial charge in [-0.15, -0.1) is 0 Å². The number of hydrogen-bond acceptors (Lipinski definition) is 2. The van der Waals surface area contributed by atoms with Gasteiger partial charge in [0.1, 0.15) is 5.82 Å². The second-order valence-corrected chi connectivity index (χ2v) is 5.64. The number of hydrogen-bond donors (Lipinski definition) is 1. The highest BCUT2D eigenvalue weighted by Crippen LogP contribution is 2.25. The van der Waals surface area contributed by atoms with Crippen LogP contribution in [-0.2, 0) is 11.3 Å². The van der Waals surface area contributed by atoms with Crippen LogP contribution in [-0.4, -0.2) is 18.2 Å². The molecule has 0 aliphatic carbocycles. The van der Waals surface area contributed by atoms with E-state index in [0.29, 0.717) is 11.0 Å². The zero-order valence-corrected chi connectivity index (χ0v) is 11.7. The van der Waals surface area contributed by atoms with Crippen molar-refractivity contribution in [2.75, 3.05) is 6.61 Å². The van der Waals surface area contributed by atoms with Crippen molar-refractivity contribution in [1.82, 2.24) is 5.32 Å². The molecule has 1 aliphatic heterocycles. The summed E-state index contributed by atoms with van der Waals surface area (Å²) in [6.45, 7) is 5.68. The minimum atomic E-state index is -0.217. The second-order valence-electron chi connectivity index (χ2n) is 4.78. The van der Waals surface area contributed by atoms with Gasteiger partial charge >= 0.3 is 0 Å². The molecule has 1 aromatic rings. The minimum absolute atomic E-state index is 0.0104. The molecule has 4 heteroatoms. The Morgan fingerprint density at radius 3 is 2.94 bits per heavy atom. The van der Waals surface area contributed by atoms with Gasteiger partial charge in [-0.1, -0.05) is 6.07 Å². The molecule has 2 rings (SSSR count). The molecule has 2 atom stereocenters. The predicted molar refractivity (Wildman–Crippen MR) is 69.4 cm³/mol. The van der Waals surface area contributed by atoms with E-state index in [4.69, 9.17) is 4.74 Å². The molecular formula is C13H17BrFNO. The molecule has 1 aromatic carbocycles. The Labute approximate surface area is 110 Å². The molecule has 94 valence electrons. The van der Waals surface area contributed by atoms with Gasteiger partial charge in [0.15, 0.2) is 0 Å². The lowest BCUT2D eigenvalue weighted by molar-refractivity contribution is 0.0881. The number of ether oxygens (including phenoxy) is 1. The minimum Gasteiger partial charge on any atom is -0.377 e. The Bertz CT molecular complexity index is 412. The first kappa shape index (κ1) is 13.0. The maximum atomic E-state index is 13.4. The highest BCUT2D eigenvalue weighted by Gasteiger charge is 2.36. The van der Waals surface area contributed by atoms with Crippen LogP contribution in [0.4, 0.5) is 4.39 Å². The molecule has 1 fully saturated rings. The molecule has 0 spiro atoms. The zero-order chi connectivity index (χ0) is 12.5. The van der Waals surface area contributed by atoms with Crippen LogP contribution in [0.2, 0.25) is 0 Å². The Morgan fingerprint density at radius 1 is 1.59 bits per heavy atom. The fourth-order valence-corrected chi connectivity index (χ4v) is 2.27. The van der Waals surface area contributed by atoms with Crippen molar-refractivity contribution in [3.63, 3.8) is 0 Å². The molecule has 1 aliphatic rings. The molecule has 0 amide bonds. The van der Waals surface area contributed by atoms with Gasteiger partial charge in [-0.2, -0.15) is 0 Å². The van der Waals surface area contributed by atoms with Crippen molar-refractivity contribution < 1.29 is 9.13 Å². The van der Waals surface area contributed by atoms with Gasteiger partial charge in [0.25, 0.3) is 0 Å². The molecule has 1 heterocycles. The largest absolute Gasteiger partial charge is 0.377 e. The first-order valence-corrected chi connectivity index (χ1v) is 6.61. The van der Waals surface area contributed by atoms with Crippen LogP contribution in [0.1, 0.15) is 25.8 Å². The standard InChI is InChI=1S/C13H17BrFNO/c1-9-13(2,5-6-17-9)16-8-10-3-4-11(14)12(15)7-10/h3-4,7,9,16H,5-6,8H2,1-2H3. The Morgan fingerprint density at radius 2 is 2.35 bits per heavy atom. The van der Waals surface area contributed by atoms with Gasteiger partial charge in [-0.05, 0) is 53.9 Å². The van der Waals surface area contributed by atoms with Crippen molar-refractivity contribution in [1.29, 1.82) is 0 Å². The normalized spacial score (nSPS) is 28.6. The van der Waals surface area contributed by atoms with E-state index < -0.39 is 0 Å². The molecule has 0 radical (unpaired) electrons. The number of rotatable bonds is 3. The molecule has 0 aromatic heterocycles. The average molecular weight is 302 g/mol. The van der Waals surface area contributed by atoms with E-state index in [1.54, 1.807) is 12.1 Å². The summed E-state index contributed by atoms with van der Waals surface area (Å²) < 4.78 is 19.4. The van der Waals surface area contributed by atoms with Gasteiger partial charge in [-0.25, -0.2) is 4.39 Å². The van der Waals surface area contributed by atoms with E-state index >= 15 is 0 Å². The fraction of sp³-hybridized carbons (Fsp3) is 0.538. The average Bonchev–Trinajstić information content (AvgIpc) is 2.62. The number of nitrogens with one attached hydrogen (secondary N) is 1. The van der Waals surface area contributed by atoms with Crippen molar-refractivity contribution in [2.24, 2.45) is 0 Å². The summed E-state index contributed by atoms with van der Waals surface area (Å²) >= 11 is 3.15. The maximum absolute atomic E-state index is 13.4. The SMILES string of the molecule is CC1OCCC1(C)NCc1ccc(Br)c(F)c1. The highest BCUT2D eigenvalue weighted by atomic mass is 79.9. The van der Waals surface area contributed by atoms with E-state index in [2.05, 4.69) is 35.1 Å². The van der Waals surface area contributed by atoms with Crippen molar-refractivity contribution in [3.05, 3.63) is 34.1 Å². The van der Waals surface area contributed by atoms with E-state index in [9.17, 15) is 4.39 Å². The summed E-state index contributed by atoms with van der Waals surface area (Å²) in [5.41, 5.74) is 0.940. The second kappa shape index (κ2) is 5.04. The third-order valence-electron chi connectivity index (χ3n) is 3.57. The van der Waals surface area contributed by atoms with Gasteiger partial charge in [0.05, 0.1) is 10.6 Å². The molecule has 1 saturated heterocycles. The lowest BCUT2D eigenvalue weighted by Gasteiger charge is -2.29. The number of benzene rings is 1. The summed E-state index contributed by atoms with van der Waals surface area (Å²) in [7, 11) is 0. The van der Waals surface area contributed by atoms with E-state index in [-0.39, 0.29) is 17.5 Å². The third kappa shape index (κ3) is 2.87.